The van der Waals surface area contributed by atoms with Gasteiger partial charge in [-0.15, -0.1) is 0 Å². The molecule has 2 aromatic heterocycles. The summed E-state index contributed by atoms with van der Waals surface area (Å²) in [6, 6.07) is 8.75. The summed E-state index contributed by atoms with van der Waals surface area (Å²) < 4.78 is 1.37. The Morgan fingerprint density at radius 1 is 1.06 bits per heavy atom. The Balaban J connectivity index is 2.63. The van der Waals surface area contributed by atoms with Crippen LogP contribution in [0.4, 0.5) is 0 Å². The number of rotatable bonds is 1. The first-order chi connectivity index (χ1) is 8.30. The Morgan fingerprint density at radius 2 is 1.88 bits per heavy atom. The maximum atomic E-state index is 8.95. The second-order valence-electron chi connectivity index (χ2n) is 3.05. The van der Waals surface area contributed by atoms with Crippen LogP contribution < -0.4 is 0 Å². The van der Waals surface area contributed by atoms with Gasteiger partial charge < -0.3 is 0 Å². The number of nitrogens with zero attached hydrogens (tertiary/aromatic N) is 6. The number of hydrogen-bond acceptors (Lipinski definition) is 5. The summed E-state index contributed by atoms with van der Waals surface area (Å²) in [5, 5.41) is 26.5. The topological polar surface area (TPSA) is 102 Å². The van der Waals surface area contributed by atoms with Crippen LogP contribution in [-0.2, 0) is 0 Å². The minimum atomic E-state index is 0.0386. The minimum Gasteiger partial charge on any atom is -0.273 e. The van der Waals surface area contributed by atoms with Gasteiger partial charge in [-0.3, -0.25) is 4.57 Å². The number of pyridine rings is 1. The van der Waals surface area contributed by atoms with Crippen molar-refractivity contribution in [3.8, 4) is 24.0 Å². The van der Waals surface area contributed by atoms with Gasteiger partial charge in [-0.2, -0.15) is 15.8 Å². The predicted molar refractivity (Wildman–Crippen MR) is 55.5 cm³/mol. The van der Waals surface area contributed by atoms with E-state index in [-0.39, 0.29) is 11.4 Å². The summed E-state index contributed by atoms with van der Waals surface area (Å²) >= 11 is 0. The molecule has 0 N–H and O–H groups in total. The van der Waals surface area contributed by atoms with Crippen LogP contribution in [-0.4, -0.2) is 14.5 Å². The van der Waals surface area contributed by atoms with Gasteiger partial charge in [0.1, 0.15) is 24.3 Å². The van der Waals surface area contributed by atoms with Crippen molar-refractivity contribution in [2.75, 3.05) is 0 Å². The molecule has 0 aliphatic carbocycles. The second-order valence-corrected chi connectivity index (χ2v) is 3.05. The molecule has 0 atom stereocenters. The molecule has 0 saturated carbocycles. The molecule has 0 aliphatic heterocycles. The molecule has 0 aromatic carbocycles. The van der Waals surface area contributed by atoms with Gasteiger partial charge in [-0.25, -0.2) is 9.97 Å². The summed E-state index contributed by atoms with van der Waals surface area (Å²) in [6.45, 7) is 0. The monoisotopic (exact) mass is 220 g/mol. The van der Waals surface area contributed by atoms with Gasteiger partial charge in [0.2, 0.25) is 0 Å². The van der Waals surface area contributed by atoms with Gasteiger partial charge in [-0.1, -0.05) is 0 Å². The number of aromatic nitrogens is 3. The zero-order valence-corrected chi connectivity index (χ0v) is 8.49. The van der Waals surface area contributed by atoms with E-state index in [4.69, 9.17) is 15.8 Å². The number of imidazole rings is 1. The molecule has 2 rings (SSSR count). The molecule has 6 heteroatoms. The van der Waals surface area contributed by atoms with E-state index in [1.54, 1.807) is 6.07 Å². The third-order valence-electron chi connectivity index (χ3n) is 2.10. The molecule has 0 radical (unpaired) electrons. The van der Waals surface area contributed by atoms with Crippen LogP contribution in [0, 0.1) is 34.0 Å². The molecule has 6 nitrogen and oxygen atoms in total. The van der Waals surface area contributed by atoms with Crippen LogP contribution in [0.3, 0.4) is 0 Å². The molecule has 17 heavy (non-hydrogen) atoms. The lowest BCUT2D eigenvalue weighted by Gasteiger charge is -2.01. The Labute approximate surface area is 96.6 Å². The molecule has 2 aromatic rings. The average molecular weight is 220 g/mol. The smallest absolute Gasteiger partial charge is 0.177 e. The molecular formula is C11H4N6. The molecule has 0 fully saturated rings. The molecule has 0 spiro atoms. The van der Waals surface area contributed by atoms with E-state index in [9.17, 15) is 0 Å². The highest BCUT2D eigenvalue weighted by molar-refractivity contribution is 5.43. The average Bonchev–Trinajstić information content (AvgIpc) is 2.81. The Morgan fingerprint density at radius 3 is 2.53 bits per heavy atom. The summed E-state index contributed by atoms with van der Waals surface area (Å²) in [5.74, 6) is 0.384. The van der Waals surface area contributed by atoms with Crippen molar-refractivity contribution in [3.63, 3.8) is 0 Å². The van der Waals surface area contributed by atoms with E-state index >= 15 is 0 Å². The standard InChI is InChI=1S/C11H4N6/c12-4-8-1-2-15-11(3-8)17-7-16-9(5-13)10(17)6-14/h1-3,7H. The van der Waals surface area contributed by atoms with E-state index in [1.165, 1.54) is 23.2 Å². The van der Waals surface area contributed by atoms with E-state index in [2.05, 4.69) is 9.97 Å². The molecule has 2 heterocycles. The van der Waals surface area contributed by atoms with Crippen LogP contribution in [0.25, 0.3) is 5.82 Å². The lowest BCUT2D eigenvalue weighted by Crippen LogP contribution is -1.99. The largest absolute Gasteiger partial charge is 0.273 e. The van der Waals surface area contributed by atoms with Crippen molar-refractivity contribution in [3.05, 3.63) is 41.6 Å². The maximum absolute atomic E-state index is 8.95. The van der Waals surface area contributed by atoms with Crippen molar-refractivity contribution < 1.29 is 0 Å². The Bertz CT molecular complexity index is 692. The third-order valence-corrected chi connectivity index (χ3v) is 2.10. The van der Waals surface area contributed by atoms with E-state index in [1.807, 2.05) is 18.2 Å². The lowest BCUT2D eigenvalue weighted by molar-refractivity contribution is 0.974. The number of nitriles is 3. The van der Waals surface area contributed by atoms with Crippen LogP contribution in [0.5, 0.6) is 0 Å². The fourth-order valence-electron chi connectivity index (χ4n) is 1.33. The van der Waals surface area contributed by atoms with Crippen LogP contribution in [0.15, 0.2) is 24.7 Å². The van der Waals surface area contributed by atoms with E-state index in [0.29, 0.717) is 11.4 Å². The van der Waals surface area contributed by atoms with E-state index in [0.717, 1.165) is 0 Å². The first-order valence-corrected chi connectivity index (χ1v) is 4.54. The quantitative estimate of drug-likeness (QED) is 0.709. The normalized spacial score (nSPS) is 9.00. The lowest BCUT2D eigenvalue weighted by atomic mass is 10.3. The molecule has 0 aliphatic rings. The summed E-state index contributed by atoms with van der Waals surface area (Å²) in [4.78, 5) is 7.82. The zero-order valence-electron chi connectivity index (χ0n) is 8.49. The van der Waals surface area contributed by atoms with Crippen molar-refractivity contribution in [1.29, 1.82) is 15.8 Å². The van der Waals surface area contributed by atoms with Crippen molar-refractivity contribution in [1.82, 2.24) is 14.5 Å². The highest BCUT2D eigenvalue weighted by atomic mass is 15.1. The summed E-state index contributed by atoms with van der Waals surface area (Å²) in [7, 11) is 0. The molecular weight excluding hydrogens is 216 g/mol. The highest BCUT2D eigenvalue weighted by Crippen LogP contribution is 2.12. The fraction of sp³-hybridized carbons (Fsp3) is 0. The fourth-order valence-corrected chi connectivity index (χ4v) is 1.33. The highest BCUT2D eigenvalue weighted by Gasteiger charge is 2.12. The minimum absolute atomic E-state index is 0.0386. The first-order valence-electron chi connectivity index (χ1n) is 4.54. The zero-order chi connectivity index (χ0) is 12.3. The summed E-state index contributed by atoms with van der Waals surface area (Å²) in [6.07, 6.45) is 2.79. The number of hydrogen-bond donors (Lipinski definition) is 0. The molecule has 0 saturated heterocycles. The van der Waals surface area contributed by atoms with Gasteiger partial charge in [0.25, 0.3) is 0 Å². The third kappa shape index (κ3) is 1.69. The first kappa shape index (κ1) is 10.4. The van der Waals surface area contributed by atoms with Crippen LogP contribution in [0.2, 0.25) is 0 Å². The van der Waals surface area contributed by atoms with Gasteiger partial charge in [0.15, 0.2) is 11.4 Å². The van der Waals surface area contributed by atoms with Crippen molar-refractivity contribution >= 4 is 0 Å². The molecule has 0 amide bonds. The van der Waals surface area contributed by atoms with Crippen molar-refractivity contribution in [2.24, 2.45) is 0 Å². The predicted octanol–water partition coefficient (Wildman–Crippen LogP) is 0.882. The molecule has 0 unspecified atom stereocenters. The van der Waals surface area contributed by atoms with Crippen LogP contribution in [0.1, 0.15) is 17.0 Å². The van der Waals surface area contributed by atoms with Gasteiger partial charge in [0, 0.05) is 6.20 Å². The summed E-state index contributed by atoms with van der Waals surface area (Å²) in [5.41, 5.74) is 0.567. The Kier molecular flexibility index (Phi) is 2.52. The Hall–Kier alpha value is -3.17. The second kappa shape index (κ2) is 4.14. The van der Waals surface area contributed by atoms with Gasteiger partial charge in [-0.05, 0) is 12.1 Å². The molecule has 78 valence electrons. The van der Waals surface area contributed by atoms with Gasteiger partial charge in [0.05, 0.1) is 11.6 Å². The van der Waals surface area contributed by atoms with Crippen LogP contribution >= 0.6 is 0 Å². The SMILES string of the molecule is N#Cc1ccnc(-n2cnc(C#N)c2C#N)c1. The van der Waals surface area contributed by atoms with Crippen molar-refractivity contribution in [2.45, 2.75) is 0 Å². The molecule has 0 bridgehead atoms. The maximum Gasteiger partial charge on any atom is 0.177 e. The van der Waals surface area contributed by atoms with E-state index < -0.39 is 0 Å². The van der Waals surface area contributed by atoms with Gasteiger partial charge >= 0.3 is 0 Å².